The summed E-state index contributed by atoms with van der Waals surface area (Å²) in [4.78, 5) is 13.5. The van der Waals surface area contributed by atoms with E-state index in [0.717, 1.165) is 34.6 Å². The molecule has 0 radical (unpaired) electrons. The molecule has 0 N–H and O–H groups in total. The van der Waals surface area contributed by atoms with Crippen LogP contribution in [-0.4, -0.2) is 33.6 Å². The van der Waals surface area contributed by atoms with Crippen LogP contribution >= 0.6 is 0 Å². The minimum absolute atomic E-state index is 0.439. The molecule has 0 aliphatic carbocycles. The molecule has 0 saturated heterocycles. The summed E-state index contributed by atoms with van der Waals surface area (Å²) in [5.74, 6) is 14.3. The molecule has 154 valence electrons. The van der Waals surface area contributed by atoms with Gasteiger partial charge < -0.3 is 14.4 Å². The number of carbonyl (C=O) groups is 1. The minimum atomic E-state index is 0.439. The molecule has 0 bridgehead atoms. The summed E-state index contributed by atoms with van der Waals surface area (Å²) in [6.45, 7) is 0.877. The molecule has 0 aliphatic rings. The van der Waals surface area contributed by atoms with E-state index in [1.807, 2.05) is 71.6 Å². The molecule has 0 saturated carbocycles. The van der Waals surface area contributed by atoms with Gasteiger partial charge in [-0.25, -0.2) is 0 Å². The van der Waals surface area contributed by atoms with E-state index in [4.69, 9.17) is 9.47 Å². The van der Waals surface area contributed by atoms with E-state index in [9.17, 15) is 4.79 Å². The molecule has 0 fully saturated rings. The molecule has 3 aromatic carbocycles. The van der Waals surface area contributed by atoms with E-state index in [0.29, 0.717) is 18.7 Å². The highest BCUT2D eigenvalue weighted by Gasteiger charge is 2.08. The number of para-hydroxylation sites is 1. The smallest absolute Gasteiger partial charge is 0.152 e. The molecule has 0 unspecified atom stereocenters. The Morgan fingerprint density at radius 1 is 0.742 bits per heavy atom. The fourth-order valence-electron chi connectivity index (χ4n) is 2.92. The van der Waals surface area contributed by atoms with Crippen LogP contribution in [0.15, 0.2) is 72.8 Å². The monoisotopic (exact) mass is 409 g/mol. The van der Waals surface area contributed by atoms with Gasteiger partial charge in [0, 0.05) is 22.4 Å². The fraction of sp³-hybridized carbons (Fsp3) is 0.148. The zero-order valence-electron chi connectivity index (χ0n) is 17.6. The third-order valence-corrected chi connectivity index (χ3v) is 4.59. The highest BCUT2D eigenvalue weighted by molar-refractivity contribution is 5.84. The summed E-state index contributed by atoms with van der Waals surface area (Å²) in [7, 11) is 3.27. The molecule has 0 spiro atoms. The summed E-state index contributed by atoms with van der Waals surface area (Å²) in [5, 5.41) is 0. The number of hydrogen-bond acceptors (Lipinski definition) is 4. The predicted octanol–water partition coefficient (Wildman–Crippen LogP) is 4.43. The number of carbonyl (C=O) groups excluding carboxylic acids is 1. The summed E-state index contributed by atoms with van der Waals surface area (Å²) in [6, 6.07) is 22.6. The van der Waals surface area contributed by atoms with Gasteiger partial charge in [-0.3, -0.25) is 4.79 Å². The van der Waals surface area contributed by atoms with Crippen molar-refractivity contribution >= 4 is 12.0 Å². The zero-order valence-corrected chi connectivity index (χ0v) is 17.6. The van der Waals surface area contributed by atoms with Crippen molar-refractivity contribution in [2.24, 2.45) is 0 Å². The first-order valence-corrected chi connectivity index (χ1v) is 9.78. The standard InChI is InChI=1S/C27H23NO3/c1-30-25-15-11-22(12-16-25)7-5-19-28(27-10-4-3-9-24(27)21-29)20-6-8-23-13-17-26(31-2)18-14-23/h3-4,9-18,21H,19-20H2,1-2H3. The number of methoxy groups -OCH3 is 2. The van der Waals surface area contributed by atoms with Crippen molar-refractivity contribution in [3.05, 3.63) is 89.5 Å². The van der Waals surface area contributed by atoms with E-state index in [1.54, 1.807) is 20.3 Å². The highest BCUT2D eigenvalue weighted by atomic mass is 16.5. The number of aldehydes is 1. The van der Waals surface area contributed by atoms with Crippen molar-refractivity contribution in [2.75, 3.05) is 32.2 Å². The number of rotatable bonds is 6. The van der Waals surface area contributed by atoms with Gasteiger partial charge in [0.25, 0.3) is 0 Å². The molecule has 3 rings (SSSR count). The first-order chi connectivity index (χ1) is 15.2. The molecule has 4 nitrogen and oxygen atoms in total. The molecule has 0 heterocycles. The van der Waals surface area contributed by atoms with Crippen molar-refractivity contribution in [2.45, 2.75) is 0 Å². The molecule has 4 heteroatoms. The van der Waals surface area contributed by atoms with Gasteiger partial charge in [0.05, 0.1) is 27.3 Å². The Hall–Kier alpha value is -4.15. The Morgan fingerprint density at radius 2 is 1.23 bits per heavy atom. The number of hydrogen-bond donors (Lipinski definition) is 0. The number of anilines is 1. The van der Waals surface area contributed by atoms with Gasteiger partial charge in [0.1, 0.15) is 11.5 Å². The number of benzene rings is 3. The van der Waals surface area contributed by atoms with Gasteiger partial charge in [0.15, 0.2) is 6.29 Å². The molecular weight excluding hydrogens is 386 g/mol. The lowest BCUT2D eigenvalue weighted by atomic mass is 10.1. The average Bonchev–Trinajstić information content (AvgIpc) is 2.84. The van der Waals surface area contributed by atoms with Gasteiger partial charge in [0.2, 0.25) is 0 Å². The largest absolute Gasteiger partial charge is 0.497 e. The van der Waals surface area contributed by atoms with Crippen LogP contribution in [0.25, 0.3) is 0 Å². The average molecular weight is 409 g/mol. The van der Waals surface area contributed by atoms with Crippen LogP contribution in [0.3, 0.4) is 0 Å². The molecule has 0 amide bonds. The summed E-state index contributed by atoms with van der Waals surface area (Å²) in [5.41, 5.74) is 3.22. The third kappa shape index (κ3) is 6.16. The third-order valence-electron chi connectivity index (χ3n) is 4.59. The lowest BCUT2D eigenvalue weighted by molar-refractivity contribution is 0.112. The predicted molar refractivity (Wildman–Crippen MR) is 124 cm³/mol. The molecular formula is C27H23NO3. The minimum Gasteiger partial charge on any atom is -0.497 e. The van der Waals surface area contributed by atoms with Gasteiger partial charge in [-0.15, -0.1) is 0 Å². The summed E-state index contributed by atoms with van der Waals surface area (Å²) < 4.78 is 10.4. The van der Waals surface area contributed by atoms with Crippen molar-refractivity contribution < 1.29 is 14.3 Å². The lowest BCUT2D eigenvalue weighted by Crippen LogP contribution is -2.25. The lowest BCUT2D eigenvalue weighted by Gasteiger charge is -2.21. The topological polar surface area (TPSA) is 38.8 Å². The second-order valence-electron chi connectivity index (χ2n) is 6.59. The maximum atomic E-state index is 11.5. The van der Waals surface area contributed by atoms with Crippen LogP contribution in [0, 0.1) is 23.7 Å². The van der Waals surface area contributed by atoms with E-state index < -0.39 is 0 Å². The Balaban J connectivity index is 1.79. The second-order valence-corrected chi connectivity index (χ2v) is 6.59. The quantitative estimate of drug-likeness (QED) is 0.446. The van der Waals surface area contributed by atoms with Gasteiger partial charge in [-0.05, 0) is 60.7 Å². The molecule has 0 aromatic heterocycles. The SMILES string of the molecule is COc1ccc(C#CCN(CC#Cc2ccc(OC)cc2)c2ccccc2C=O)cc1. The maximum Gasteiger partial charge on any atom is 0.152 e. The van der Waals surface area contributed by atoms with Crippen LogP contribution < -0.4 is 14.4 Å². The first kappa shape index (κ1) is 21.6. The summed E-state index contributed by atoms with van der Waals surface area (Å²) >= 11 is 0. The van der Waals surface area contributed by atoms with Gasteiger partial charge in [-0.1, -0.05) is 35.8 Å². The Labute approximate surface area is 183 Å². The molecule has 0 aliphatic heterocycles. The first-order valence-electron chi connectivity index (χ1n) is 9.78. The summed E-state index contributed by atoms with van der Waals surface area (Å²) in [6.07, 6.45) is 0.857. The Morgan fingerprint density at radius 3 is 1.68 bits per heavy atom. The highest BCUT2D eigenvalue weighted by Crippen LogP contribution is 2.18. The van der Waals surface area contributed by atoms with Crippen molar-refractivity contribution in [3.8, 4) is 35.2 Å². The van der Waals surface area contributed by atoms with E-state index in [1.165, 1.54) is 0 Å². The Kier molecular flexibility index (Phi) is 7.75. The Bertz CT molecular complexity index is 1060. The van der Waals surface area contributed by atoms with Crippen LogP contribution in [0.2, 0.25) is 0 Å². The normalized spacial score (nSPS) is 9.48. The van der Waals surface area contributed by atoms with Crippen LogP contribution in [0.5, 0.6) is 11.5 Å². The van der Waals surface area contributed by atoms with Gasteiger partial charge >= 0.3 is 0 Å². The van der Waals surface area contributed by atoms with Crippen molar-refractivity contribution in [1.29, 1.82) is 0 Å². The number of ether oxygens (including phenoxy) is 2. The van der Waals surface area contributed by atoms with E-state index >= 15 is 0 Å². The zero-order chi connectivity index (χ0) is 21.9. The van der Waals surface area contributed by atoms with Crippen molar-refractivity contribution in [1.82, 2.24) is 0 Å². The van der Waals surface area contributed by atoms with E-state index in [-0.39, 0.29) is 0 Å². The second kappa shape index (κ2) is 11.1. The maximum absolute atomic E-state index is 11.5. The molecule has 0 atom stereocenters. The van der Waals surface area contributed by atoms with Crippen LogP contribution in [0.1, 0.15) is 21.5 Å². The van der Waals surface area contributed by atoms with Crippen LogP contribution in [0.4, 0.5) is 5.69 Å². The molecule has 31 heavy (non-hydrogen) atoms. The molecule has 3 aromatic rings. The van der Waals surface area contributed by atoms with Gasteiger partial charge in [-0.2, -0.15) is 0 Å². The van der Waals surface area contributed by atoms with E-state index in [2.05, 4.69) is 23.7 Å². The number of nitrogens with zero attached hydrogens (tertiary/aromatic N) is 1. The van der Waals surface area contributed by atoms with Crippen LogP contribution in [-0.2, 0) is 0 Å². The fourth-order valence-corrected chi connectivity index (χ4v) is 2.92. The van der Waals surface area contributed by atoms with Crippen molar-refractivity contribution in [3.63, 3.8) is 0 Å².